The molecule has 0 fully saturated rings. The Morgan fingerprint density at radius 3 is 2.42 bits per heavy atom. The van der Waals surface area contributed by atoms with Crippen LogP contribution in [0, 0.1) is 0 Å². The fourth-order valence-corrected chi connectivity index (χ4v) is 5.15. The second-order valence-electron chi connectivity index (χ2n) is 6.86. The van der Waals surface area contributed by atoms with E-state index in [1.54, 1.807) is 18.8 Å². The van der Waals surface area contributed by atoms with Crippen molar-refractivity contribution in [3.8, 4) is 0 Å². The highest BCUT2D eigenvalue weighted by Crippen LogP contribution is 2.55. The number of hydrogen-bond donors (Lipinski definition) is 2. The summed E-state index contributed by atoms with van der Waals surface area (Å²) in [5.74, 6) is -2.53. The number of carbonyl (C=O) groups is 2. The number of carbonyl (C=O) groups excluding carboxylic acids is 1. The number of aliphatic imine (C=N–C) groups is 1. The van der Waals surface area contributed by atoms with E-state index >= 15 is 0 Å². The molecule has 3 N–H and O–H groups in total. The standard InChI is InChI=1S/C18H16BrN3OS.C2HF3O2/c1-22-16(23)18(21-17(22)20)10-15(11-5-3-2-4-6-11)24-14-8-7-12(19)9-13(14)18;3-2(4,5)1(6)7/h2-9,15H,10H2,1H3,(H2,20,21);(H,6,7). The zero-order chi connectivity index (χ0) is 23.0. The molecule has 6 nitrogen and oxygen atoms in total. The van der Waals surface area contributed by atoms with E-state index in [0.29, 0.717) is 6.42 Å². The Balaban J connectivity index is 0.000000339. The summed E-state index contributed by atoms with van der Waals surface area (Å²) in [6.07, 6.45) is -4.48. The minimum Gasteiger partial charge on any atom is -0.475 e. The average Bonchev–Trinajstić information content (AvgIpc) is 2.93. The smallest absolute Gasteiger partial charge is 0.475 e. The molecule has 2 aliphatic rings. The number of rotatable bonds is 1. The van der Waals surface area contributed by atoms with Crippen LogP contribution in [-0.4, -0.2) is 41.1 Å². The Morgan fingerprint density at radius 2 is 1.90 bits per heavy atom. The van der Waals surface area contributed by atoms with Crippen molar-refractivity contribution in [1.82, 2.24) is 4.90 Å². The first-order valence-corrected chi connectivity index (χ1v) is 10.6. The number of nitrogens with zero attached hydrogens (tertiary/aromatic N) is 2. The van der Waals surface area contributed by atoms with E-state index < -0.39 is 17.7 Å². The molecular weight excluding hydrogens is 499 g/mol. The lowest BCUT2D eigenvalue weighted by Gasteiger charge is -2.36. The zero-order valence-corrected chi connectivity index (χ0v) is 18.5. The zero-order valence-electron chi connectivity index (χ0n) is 16.1. The van der Waals surface area contributed by atoms with Crippen molar-refractivity contribution in [2.75, 3.05) is 7.05 Å². The van der Waals surface area contributed by atoms with E-state index in [-0.39, 0.29) is 17.1 Å². The number of thioether (sulfide) groups is 1. The van der Waals surface area contributed by atoms with Gasteiger partial charge in [0.15, 0.2) is 11.5 Å². The number of aliphatic carboxylic acids is 1. The van der Waals surface area contributed by atoms with Crippen LogP contribution in [0.3, 0.4) is 0 Å². The number of alkyl halides is 3. The number of hydrogen-bond acceptors (Lipinski definition) is 5. The van der Waals surface area contributed by atoms with E-state index in [9.17, 15) is 18.0 Å². The normalized spacial score (nSPS) is 22.5. The van der Waals surface area contributed by atoms with Crippen molar-refractivity contribution in [2.24, 2.45) is 10.7 Å². The third kappa shape index (κ3) is 4.57. The summed E-state index contributed by atoms with van der Waals surface area (Å²) >= 11 is 5.30. The number of guanidine groups is 1. The van der Waals surface area contributed by atoms with Crippen LogP contribution >= 0.6 is 27.7 Å². The summed E-state index contributed by atoms with van der Waals surface area (Å²) in [7, 11) is 1.69. The van der Waals surface area contributed by atoms with Crippen molar-refractivity contribution in [3.05, 3.63) is 64.1 Å². The highest BCUT2D eigenvalue weighted by Gasteiger charge is 2.52. The van der Waals surface area contributed by atoms with Crippen LogP contribution in [-0.2, 0) is 15.1 Å². The van der Waals surface area contributed by atoms with Gasteiger partial charge < -0.3 is 10.8 Å². The summed E-state index contributed by atoms with van der Waals surface area (Å²) in [5.41, 5.74) is 7.20. The van der Waals surface area contributed by atoms with Crippen LogP contribution < -0.4 is 5.73 Å². The van der Waals surface area contributed by atoms with Gasteiger partial charge in [0.05, 0.1) is 0 Å². The number of carboxylic acids is 1. The van der Waals surface area contributed by atoms with E-state index in [1.165, 1.54) is 10.5 Å². The van der Waals surface area contributed by atoms with Gasteiger partial charge in [-0.05, 0) is 23.8 Å². The molecule has 0 radical (unpaired) electrons. The fourth-order valence-electron chi connectivity index (χ4n) is 3.36. The van der Waals surface area contributed by atoms with Crippen LogP contribution in [0.1, 0.15) is 22.8 Å². The quantitative estimate of drug-likeness (QED) is 0.590. The SMILES string of the molecule is CN1C(=O)C2(CC(c3ccccc3)Sc3ccc(Br)cc32)N=C1N.O=C(O)C(F)(F)F. The molecule has 1 amide bonds. The first kappa shape index (κ1) is 23.1. The molecule has 1 spiro atoms. The van der Waals surface area contributed by atoms with Gasteiger partial charge in [0, 0.05) is 33.7 Å². The summed E-state index contributed by atoms with van der Waals surface area (Å²) < 4.78 is 32.7. The minimum absolute atomic E-state index is 0.0550. The predicted octanol–water partition coefficient (Wildman–Crippen LogP) is 4.30. The van der Waals surface area contributed by atoms with E-state index in [4.69, 9.17) is 15.6 Å². The summed E-state index contributed by atoms with van der Waals surface area (Å²) in [6.45, 7) is 0. The Morgan fingerprint density at radius 1 is 1.29 bits per heavy atom. The van der Waals surface area contributed by atoms with Crippen LogP contribution in [0.25, 0.3) is 0 Å². The van der Waals surface area contributed by atoms with E-state index in [0.717, 1.165) is 14.9 Å². The van der Waals surface area contributed by atoms with Crippen molar-refractivity contribution in [1.29, 1.82) is 0 Å². The van der Waals surface area contributed by atoms with Gasteiger partial charge in [-0.3, -0.25) is 9.69 Å². The molecule has 0 saturated heterocycles. The lowest BCUT2D eigenvalue weighted by molar-refractivity contribution is -0.192. The molecule has 0 aromatic heterocycles. The van der Waals surface area contributed by atoms with Crippen LogP contribution in [0.2, 0.25) is 0 Å². The topological polar surface area (TPSA) is 96.0 Å². The van der Waals surface area contributed by atoms with Gasteiger partial charge in [0.25, 0.3) is 5.91 Å². The maximum absolute atomic E-state index is 13.1. The molecule has 2 aromatic carbocycles. The Hall–Kier alpha value is -2.53. The van der Waals surface area contributed by atoms with Gasteiger partial charge in [-0.1, -0.05) is 46.3 Å². The number of halogens is 4. The average molecular weight is 516 g/mol. The highest BCUT2D eigenvalue weighted by molar-refractivity contribution is 9.10. The lowest BCUT2D eigenvalue weighted by Crippen LogP contribution is -2.42. The van der Waals surface area contributed by atoms with Crippen molar-refractivity contribution < 1.29 is 27.9 Å². The van der Waals surface area contributed by atoms with Crippen LogP contribution in [0.15, 0.2) is 62.9 Å². The number of nitrogens with two attached hydrogens (primary N) is 1. The number of amides is 1. The molecule has 31 heavy (non-hydrogen) atoms. The van der Waals surface area contributed by atoms with Crippen LogP contribution in [0.4, 0.5) is 13.2 Å². The number of carboxylic acid groups (broad SMARTS) is 1. The Kier molecular flexibility index (Phi) is 6.38. The fraction of sp³-hybridized carbons (Fsp3) is 0.250. The Labute approximate surface area is 188 Å². The largest absolute Gasteiger partial charge is 0.490 e. The molecular formula is C20H17BrF3N3O3S. The molecule has 4 rings (SSSR count). The molecule has 0 aliphatic carbocycles. The monoisotopic (exact) mass is 515 g/mol. The molecule has 2 aromatic rings. The van der Waals surface area contributed by atoms with Gasteiger partial charge in [0.1, 0.15) is 0 Å². The minimum atomic E-state index is -5.08. The van der Waals surface area contributed by atoms with Gasteiger partial charge in [-0.15, -0.1) is 11.8 Å². The molecule has 2 heterocycles. The molecule has 0 saturated carbocycles. The lowest BCUT2D eigenvalue weighted by atomic mass is 9.83. The molecule has 0 bridgehead atoms. The van der Waals surface area contributed by atoms with Gasteiger partial charge in [-0.2, -0.15) is 13.2 Å². The first-order valence-electron chi connectivity index (χ1n) is 8.91. The molecule has 164 valence electrons. The van der Waals surface area contributed by atoms with E-state index in [1.807, 2.05) is 30.3 Å². The number of benzene rings is 2. The van der Waals surface area contributed by atoms with Gasteiger partial charge in [-0.25, -0.2) is 9.79 Å². The predicted molar refractivity (Wildman–Crippen MR) is 114 cm³/mol. The summed E-state index contributed by atoms with van der Waals surface area (Å²) in [4.78, 5) is 29.1. The summed E-state index contributed by atoms with van der Waals surface area (Å²) in [6, 6.07) is 16.3. The second kappa shape index (κ2) is 8.54. The first-order chi connectivity index (χ1) is 14.5. The van der Waals surface area contributed by atoms with E-state index in [2.05, 4.69) is 39.1 Å². The Bertz CT molecular complexity index is 1050. The molecule has 11 heteroatoms. The number of likely N-dealkylation sites (N-methyl/N-ethyl adjacent to an activating group) is 1. The third-order valence-corrected chi connectivity index (χ3v) is 6.69. The van der Waals surface area contributed by atoms with Crippen molar-refractivity contribution >= 4 is 45.5 Å². The third-order valence-electron chi connectivity index (χ3n) is 4.86. The van der Waals surface area contributed by atoms with Crippen molar-refractivity contribution in [2.45, 2.75) is 28.3 Å². The molecule has 2 atom stereocenters. The maximum Gasteiger partial charge on any atom is 0.490 e. The van der Waals surface area contributed by atoms with Crippen molar-refractivity contribution in [3.63, 3.8) is 0 Å². The maximum atomic E-state index is 13.1. The second-order valence-corrected chi connectivity index (χ2v) is 9.02. The number of fused-ring (bicyclic) bond motifs is 2. The highest BCUT2D eigenvalue weighted by atomic mass is 79.9. The van der Waals surface area contributed by atoms with Crippen LogP contribution in [0.5, 0.6) is 0 Å². The van der Waals surface area contributed by atoms with Gasteiger partial charge in [0.2, 0.25) is 0 Å². The summed E-state index contributed by atoms with van der Waals surface area (Å²) in [5, 5.41) is 7.28. The van der Waals surface area contributed by atoms with Gasteiger partial charge >= 0.3 is 12.1 Å². The molecule has 2 unspecified atom stereocenters. The molecule has 2 aliphatic heterocycles.